The van der Waals surface area contributed by atoms with Crippen molar-refractivity contribution in [3.63, 3.8) is 0 Å². The van der Waals surface area contributed by atoms with Crippen LogP contribution in [-0.4, -0.2) is 67.9 Å². The molecular weight excluding hydrogens is 430 g/mol. The van der Waals surface area contributed by atoms with Crippen molar-refractivity contribution in [2.45, 2.75) is 39.7 Å². The van der Waals surface area contributed by atoms with Crippen molar-refractivity contribution in [2.24, 2.45) is 5.92 Å². The summed E-state index contributed by atoms with van der Waals surface area (Å²) in [5, 5.41) is 3.25. The minimum atomic E-state index is -3.37. The van der Waals surface area contributed by atoms with E-state index in [0.29, 0.717) is 49.5 Å². The summed E-state index contributed by atoms with van der Waals surface area (Å²) < 4.78 is 30.2. The molecule has 11 heteroatoms. The zero-order valence-corrected chi connectivity index (χ0v) is 19.0. The Morgan fingerprint density at radius 1 is 1.27 bits per heavy atom. The molecule has 1 atom stereocenters. The second kappa shape index (κ2) is 9.03. The molecule has 1 saturated heterocycles. The van der Waals surface area contributed by atoms with E-state index < -0.39 is 21.9 Å². The maximum Gasteiger partial charge on any atom is 0.341 e. The fourth-order valence-corrected chi connectivity index (χ4v) is 6.02. The number of hydrogen-bond donors (Lipinski definition) is 1. The molecule has 0 saturated carbocycles. The number of nitrogens with zero attached hydrogens (tertiary/aromatic N) is 2. The molecule has 2 aliphatic heterocycles. The molecule has 1 aromatic rings. The fourth-order valence-electron chi connectivity index (χ4n) is 3.85. The average Bonchev–Trinajstić information content (AvgIpc) is 3.04. The first-order valence-corrected chi connectivity index (χ1v) is 12.6. The van der Waals surface area contributed by atoms with Gasteiger partial charge in [-0.2, -0.15) is 0 Å². The van der Waals surface area contributed by atoms with E-state index in [9.17, 15) is 22.8 Å². The molecule has 2 amide bonds. The van der Waals surface area contributed by atoms with E-state index in [0.717, 1.165) is 16.7 Å². The summed E-state index contributed by atoms with van der Waals surface area (Å²) >= 11 is 1.28. The highest BCUT2D eigenvalue weighted by molar-refractivity contribution is 7.88. The Kier molecular flexibility index (Phi) is 6.83. The lowest BCUT2D eigenvalue weighted by molar-refractivity contribution is -0.129. The van der Waals surface area contributed by atoms with Crippen LogP contribution in [0.5, 0.6) is 0 Å². The summed E-state index contributed by atoms with van der Waals surface area (Å²) in [5.74, 6) is -1.34. The van der Waals surface area contributed by atoms with E-state index in [4.69, 9.17) is 4.74 Å². The van der Waals surface area contributed by atoms with Crippen LogP contribution in [-0.2, 0) is 37.3 Å². The molecule has 166 valence electrons. The molecular formula is C19H27N3O6S2. The smallest absolute Gasteiger partial charge is 0.341 e. The number of piperidine rings is 1. The Balaban J connectivity index is 1.85. The molecule has 2 aliphatic rings. The molecule has 0 spiro atoms. The molecule has 0 radical (unpaired) electrons. The fraction of sp³-hybridized carbons (Fsp3) is 0.632. The number of carbonyl (C=O) groups excluding carboxylic acids is 3. The first-order valence-electron chi connectivity index (χ1n) is 9.95. The maximum absolute atomic E-state index is 12.9. The summed E-state index contributed by atoms with van der Waals surface area (Å²) in [6.45, 7) is 4.86. The normalized spacial score (nSPS) is 19.8. The Labute approximate surface area is 180 Å². The average molecular weight is 458 g/mol. The maximum atomic E-state index is 12.9. The van der Waals surface area contributed by atoms with Crippen molar-refractivity contribution in [3.05, 3.63) is 16.0 Å². The summed E-state index contributed by atoms with van der Waals surface area (Å²) in [7, 11) is -3.37. The number of rotatable bonds is 5. The Morgan fingerprint density at radius 3 is 2.63 bits per heavy atom. The van der Waals surface area contributed by atoms with Crippen LogP contribution >= 0.6 is 11.3 Å². The van der Waals surface area contributed by atoms with Crippen LogP contribution in [0.4, 0.5) is 5.00 Å². The molecule has 3 heterocycles. The lowest BCUT2D eigenvalue weighted by Crippen LogP contribution is -2.43. The molecule has 30 heavy (non-hydrogen) atoms. The Hall–Kier alpha value is -1.98. The van der Waals surface area contributed by atoms with E-state index >= 15 is 0 Å². The molecule has 0 bridgehead atoms. The Bertz CT molecular complexity index is 956. The Morgan fingerprint density at radius 2 is 2.00 bits per heavy atom. The van der Waals surface area contributed by atoms with Crippen LogP contribution in [0.3, 0.4) is 0 Å². The standard InChI is InChI=1S/C19H27N3O6S2/c1-4-28-19(25)16-14-7-9-21(12(2)23)11-15(14)29-18(16)20-17(24)13-6-5-8-22(10-13)30(3,26)27/h13H,4-11H2,1-3H3,(H,20,24). The van der Waals surface area contributed by atoms with Gasteiger partial charge in [0.1, 0.15) is 5.00 Å². The highest BCUT2D eigenvalue weighted by Crippen LogP contribution is 2.38. The van der Waals surface area contributed by atoms with Crippen molar-refractivity contribution in [1.29, 1.82) is 0 Å². The quantitative estimate of drug-likeness (QED) is 0.670. The zero-order valence-electron chi connectivity index (χ0n) is 17.4. The SMILES string of the molecule is CCOC(=O)c1c(NC(=O)C2CCCN(S(C)(=O)=O)C2)sc2c1CCN(C(C)=O)C2. The third-order valence-corrected chi connectivity index (χ3v) is 7.84. The summed E-state index contributed by atoms with van der Waals surface area (Å²) in [6, 6.07) is 0. The van der Waals surface area contributed by atoms with Gasteiger partial charge in [0.05, 0.1) is 30.9 Å². The highest BCUT2D eigenvalue weighted by atomic mass is 32.2. The lowest BCUT2D eigenvalue weighted by atomic mass is 9.98. The van der Waals surface area contributed by atoms with Crippen molar-refractivity contribution in [2.75, 3.05) is 37.8 Å². The number of amides is 2. The lowest BCUT2D eigenvalue weighted by Gasteiger charge is -2.30. The highest BCUT2D eigenvalue weighted by Gasteiger charge is 2.33. The van der Waals surface area contributed by atoms with E-state index in [1.54, 1.807) is 11.8 Å². The molecule has 1 unspecified atom stereocenters. The van der Waals surface area contributed by atoms with Gasteiger partial charge in [0, 0.05) is 31.4 Å². The molecule has 1 N–H and O–H groups in total. The largest absolute Gasteiger partial charge is 0.462 e. The number of thiophene rings is 1. The van der Waals surface area contributed by atoms with E-state index in [1.807, 2.05) is 0 Å². The molecule has 3 rings (SSSR count). The van der Waals surface area contributed by atoms with Crippen LogP contribution in [0.2, 0.25) is 0 Å². The number of anilines is 1. The predicted octanol–water partition coefficient (Wildman–Crippen LogP) is 1.44. The number of nitrogens with one attached hydrogen (secondary N) is 1. The summed E-state index contributed by atoms with van der Waals surface area (Å²) in [6.07, 6.45) is 2.83. The van der Waals surface area contributed by atoms with Gasteiger partial charge in [-0.15, -0.1) is 11.3 Å². The number of ether oxygens (including phenoxy) is 1. The van der Waals surface area contributed by atoms with Gasteiger partial charge in [-0.25, -0.2) is 17.5 Å². The van der Waals surface area contributed by atoms with Crippen LogP contribution in [0.1, 0.15) is 47.5 Å². The van der Waals surface area contributed by atoms with Gasteiger partial charge in [0.15, 0.2) is 0 Å². The minimum Gasteiger partial charge on any atom is -0.462 e. The topological polar surface area (TPSA) is 113 Å². The van der Waals surface area contributed by atoms with Crippen LogP contribution in [0.25, 0.3) is 0 Å². The molecule has 0 aromatic carbocycles. The van der Waals surface area contributed by atoms with Gasteiger partial charge in [0.2, 0.25) is 21.8 Å². The second-order valence-corrected chi connectivity index (χ2v) is 10.7. The number of carbonyl (C=O) groups is 3. The van der Waals surface area contributed by atoms with E-state index in [2.05, 4.69) is 5.32 Å². The zero-order chi connectivity index (χ0) is 22.1. The van der Waals surface area contributed by atoms with E-state index in [1.165, 1.54) is 22.6 Å². The molecule has 0 aliphatic carbocycles. The van der Waals surface area contributed by atoms with Gasteiger partial charge >= 0.3 is 5.97 Å². The number of sulfonamides is 1. The van der Waals surface area contributed by atoms with E-state index in [-0.39, 0.29) is 25.0 Å². The number of hydrogen-bond acceptors (Lipinski definition) is 7. The second-order valence-electron chi connectivity index (χ2n) is 7.57. The van der Waals surface area contributed by atoms with Crippen LogP contribution in [0, 0.1) is 5.92 Å². The number of esters is 1. The molecule has 1 fully saturated rings. The van der Waals surface area contributed by atoms with Crippen LogP contribution in [0.15, 0.2) is 0 Å². The van der Waals surface area contributed by atoms with Gasteiger partial charge in [-0.3, -0.25) is 9.59 Å². The van der Waals surface area contributed by atoms with Crippen molar-refractivity contribution < 1.29 is 27.5 Å². The first kappa shape index (κ1) is 22.7. The first-order chi connectivity index (χ1) is 14.1. The summed E-state index contributed by atoms with van der Waals surface area (Å²) in [4.78, 5) is 39.8. The van der Waals surface area contributed by atoms with Gasteiger partial charge < -0.3 is 15.0 Å². The van der Waals surface area contributed by atoms with Crippen molar-refractivity contribution in [3.8, 4) is 0 Å². The molecule has 1 aromatic heterocycles. The van der Waals surface area contributed by atoms with Gasteiger partial charge in [-0.05, 0) is 31.7 Å². The summed E-state index contributed by atoms with van der Waals surface area (Å²) in [5.41, 5.74) is 1.16. The monoisotopic (exact) mass is 457 g/mol. The van der Waals surface area contributed by atoms with Gasteiger partial charge in [-0.1, -0.05) is 0 Å². The number of fused-ring (bicyclic) bond motifs is 1. The van der Waals surface area contributed by atoms with Crippen LogP contribution < -0.4 is 5.32 Å². The van der Waals surface area contributed by atoms with Crippen molar-refractivity contribution >= 4 is 44.1 Å². The minimum absolute atomic E-state index is 0.0413. The predicted molar refractivity (Wildman–Crippen MR) is 113 cm³/mol. The molecule has 9 nitrogen and oxygen atoms in total. The third-order valence-electron chi connectivity index (χ3n) is 5.44. The van der Waals surface area contributed by atoms with Gasteiger partial charge in [0.25, 0.3) is 0 Å². The van der Waals surface area contributed by atoms with Crippen molar-refractivity contribution in [1.82, 2.24) is 9.21 Å². The third kappa shape index (κ3) is 4.84.